The van der Waals surface area contributed by atoms with E-state index in [2.05, 4.69) is 15.9 Å². The summed E-state index contributed by atoms with van der Waals surface area (Å²) in [6.45, 7) is 1.61. The topological polar surface area (TPSA) is 55.6 Å². The van der Waals surface area contributed by atoms with Gasteiger partial charge in [-0.25, -0.2) is 4.79 Å². The number of amides is 1. The Balaban J connectivity index is 1.86. The van der Waals surface area contributed by atoms with E-state index in [9.17, 15) is 4.79 Å². The second-order valence-electron chi connectivity index (χ2n) is 4.49. The molecule has 1 atom stereocenters. The van der Waals surface area contributed by atoms with Crippen LogP contribution < -0.4 is 5.73 Å². The molecule has 2 rings (SSSR count). The molecular weight excluding hydrogens is 296 g/mol. The third-order valence-corrected chi connectivity index (χ3v) is 3.80. The Morgan fingerprint density at radius 1 is 1.50 bits per heavy atom. The lowest BCUT2D eigenvalue weighted by Crippen LogP contribution is -2.45. The fourth-order valence-electron chi connectivity index (χ4n) is 2.02. The van der Waals surface area contributed by atoms with Gasteiger partial charge in [0.15, 0.2) is 0 Å². The molecule has 0 spiro atoms. The first-order chi connectivity index (χ1) is 8.66. The van der Waals surface area contributed by atoms with Crippen LogP contribution >= 0.6 is 15.9 Å². The molecule has 1 aromatic rings. The predicted molar refractivity (Wildman–Crippen MR) is 73.1 cm³/mol. The molecule has 1 aliphatic heterocycles. The quantitative estimate of drug-likeness (QED) is 0.913. The summed E-state index contributed by atoms with van der Waals surface area (Å²) in [4.78, 5) is 13.5. The van der Waals surface area contributed by atoms with Crippen molar-refractivity contribution in [3.05, 3.63) is 34.3 Å². The maximum Gasteiger partial charge on any atom is 0.410 e. The van der Waals surface area contributed by atoms with E-state index in [1.165, 1.54) is 0 Å². The molecule has 0 radical (unpaired) electrons. The van der Waals surface area contributed by atoms with Crippen molar-refractivity contribution in [2.24, 2.45) is 5.73 Å². The summed E-state index contributed by atoms with van der Waals surface area (Å²) in [7, 11) is 0. The van der Waals surface area contributed by atoms with E-state index in [0.29, 0.717) is 6.54 Å². The average Bonchev–Trinajstić information content (AvgIpc) is 2.37. The average molecular weight is 313 g/mol. The van der Waals surface area contributed by atoms with Gasteiger partial charge < -0.3 is 15.4 Å². The zero-order chi connectivity index (χ0) is 13.0. The largest absolute Gasteiger partial charge is 0.444 e. The second kappa shape index (κ2) is 6.20. The van der Waals surface area contributed by atoms with E-state index in [1.54, 1.807) is 4.90 Å². The Morgan fingerprint density at radius 3 is 3.00 bits per heavy atom. The van der Waals surface area contributed by atoms with E-state index in [1.807, 2.05) is 24.3 Å². The fraction of sp³-hybridized carbons (Fsp3) is 0.462. The van der Waals surface area contributed by atoms with Crippen molar-refractivity contribution in [3.8, 4) is 0 Å². The van der Waals surface area contributed by atoms with Crippen LogP contribution in [0.15, 0.2) is 28.7 Å². The van der Waals surface area contributed by atoms with Crippen molar-refractivity contribution in [2.75, 3.05) is 13.1 Å². The van der Waals surface area contributed by atoms with Crippen molar-refractivity contribution >= 4 is 22.0 Å². The van der Waals surface area contributed by atoms with Crippen molar-refractivity contribution in [2.45, 2.75) is 25.5 Å². The van der Waals surface area contributed by atoms with Crippen LogP contribution in [0.3, 0.4) is 0 Å². The van der Waals surface area contributed by atoms with Crippen molar-refractivity contribution in [1.29, 1.82) is 0 Å². The summed E-state index contributed by atoms with van der Waals surface area (Å²) < 4.78 is 6.25. The van der Waals surface area contributed by atoms with Crippen molar-refractivity contribution < 1.29 is 9.53 Å². The van der Waals surface area contributed by atoms with E-state index in [-0.39, 0.29) is 18.7 Å². The van der Waals surface area contributed by atoms with Gasteiger partial charge in [0.25, 0.3) is 0 Å². The third kappa shape index (κ3) is 3.46. The number of hydrogen-bond donors (Lipinski definition) is 1. The number of carbonyl (C=O) groups is 1. The molecule has 0 aromatic heterocycles. The summed E-state index contributed by atoms with van der Waals surface area (Å²) in [5.74, 6) is 0. The Bertz CT molecular complexity index is 425. The van der Waals surface area contributed by atoms with Crippen LogP contribution in [0.25, 0.3) is 0 Å². The molecule has 98 valence electrons. The Labute approximate surface area is 115 Å². The van der Waals surface area contributed by atoms with Gasteiger partial charge in [-0.05, 0) is 18.9 Å². The number of nitrogens with two attached hydrogens (primary N) is 1. The number of halogens is 1. The minimum absolute atomic E-state index is 0.0785. The summed E-state index contributed by atoms with van der Waals surface area (Å²) in [6.07, 6.45) is 1.65. The molecule has 1 fully saturated rings. The molecule has 1 saturated heterocycles. The van der Waals surface area contributed by atoms with Gasteiger partial charge >= 0.3 is 6.09 Å². The van der Waals surface area contributed by atoms with Gasteiger partial charge in [0.05, 0.1) is 0 Å². The minimum Gasteiger partial charge on any atom is -0.444 e. The van der Waals surface area contributed by atoms with Crippen LogP contribution in [0.4, 0.5) is 4.79 Å². The summed E-state index contributed by atoms with van der Waals surface area (Å²) in [5.41, 5.74) is 6.80. The number of ether oxygens (including phenoxy) is 1. The van der Waals surface area contributed by atoms with Crippen molar-refractivity contribution in [1.82, 2.24) is 4.90 Å². The first kappa shape index (κ1) is 13.4. The molecule has 1 heterocycles. The zero-order valence-corrected chi connectivity index (χ0v) is 11.7. The van der Waals surface area contributed by atoms with Gasteiger partial charge in [-0.1, -0.05) is 34.1 Å². The highest BCUT2D eigenvalue weighted by Crippen LogP contribution is 2.17. The Morgan fingerprint density at radius 2 is 2.28 bits per heavy atom. The van der Waals surface area contributed by atoms with Gasteiger partial charge in [-0.2, -0.15) is 0 Å². The normalized spacial score (nSPS) is 19.7. The van der Waals surface area contributed by atoms with Crippen LogP contribution in [-0.4, -0.2) is 30.1 Å². The highest BCUT2D eigenvalue weighted by Gasteiger charge is 2.22. The number of hydrogen-bond acceptors (Lipinski definition) is 3. The number of piperidine rings is 1. The van der Waals surface area contributed by atoms with Crippen LogP contribution in [0.1, 0.15) is 18.4 Å². The number of carbonyl (C=O) groups excluding carboxylic acids is 1. The summed E-state index contributed by atoms with van der Waals surface area (Å²) in [5, 5.41) is 0. The lowest BCUT2D eigenvalue weighted by molar-refractivity contribution is 0.0861. The Kier molecular flexibility index (Phi) is 4.60. The van der Waals surface area contributed by atoms with E-state index >= 15 is 0 Å². The Hall–Kier alpha value is -1.07. The fourth-order valence-corrected chi connectivity index (χ4v) is 2.42. The molecule has 1 unspecified atom stereocenters. The lowest BCUT2D eigenvalue weighted by Gasteiger charge is -2.29. The van der Waals surface area contributed by atoms with Gasteiger partial charge in [0.2, 0.25) is 0 Å². The SMILES string of the molecule is NC1CCCN(C(=O)OCc2ccccc2Br)C1. The minimum atomic E-state index is -0.277. The number of rotatable bonds is 2. The summed E-state index contributed by atoms with van der Waals surface area (Å²) >= 11 is 3.43. The monoisotopic (exact) mass is 312 g/mol. The number of likely N-dealkylation sites (tertiary alicyclic amines) is 1. The molecule has 0 saturated carbocycles. The molecule has 0 bridgehead atoms. The van der Waals surface area contributed by atoms with Gasteiger partial charge in [0.1, 0.15) is 6.61 Å². The molecule has 1 aromatic carbocycles. The predicted octanol–water partition coefficient (Wildman–Crippen LogP) is 2.51. The van der Waals surface area contributed by atoms with Gasteiger partial charge in [0, 0.05) is 29.2 Å². The molecule has 18 heavy (non-hydrogen) atoms. The molecule has 2 N–H and O–H groups in total. The molecule has 1 amide bonds. The maximum atomic E-state index is 11.9. The van der Waals surface area contributed by atoms with Crippen LogP contribution in [0, 0.1) is 0 Å². The maximum absolute atomic E-state index is 11.9. The first-order valence-corrected chi connectivity index (χ1v) is 6.87. The summed E-state index contributed by atoms with van der Waals surface area (Å²) in [6, 6.07) is 7.79. The third-order valence-electron chi connectivity index (χ3n) is 3.03. The highest BCUT2D eigenvalue weighted by molar-refractivity contribution is 9.10. The molecular formula is C13H17BrN2O2. The number of nitrogens with zero attached hydrogens (tertiary/aromatic N) is 1. The second-order valence-corrected chi connectivity index (χ2v) is 5.35. The smallest absolute Gasteiger partial charge is 0.410 e. The molecule has 0 aliphatic carbocycles. The van der Waals surface area contributed by atoms with E-state index in [4.69, 9.17) is 10.5 Å². The first-order valence-electron chi connectivity index (χ1n) is 6.07. The van der Waals surface area contributed by atoms with E-state index < -0.39 is 0 Å². The molecule has 5 heteroatoms. The van der Waals surface area contributed by atoms with Gasteiger partial charge in [-0.3, -0.25) is 0 Å². The highest BCUT2D eigenvalue weighted by atomic mass is 79.9. The molecule has 4 nitrogen and oxygen atoms in total. The van der Waals surface area contributed by atoms with Crippen LogP contribution in [0.2, 0.25) is 0 Å². The zero-order valence-electron chi connectivity index (χ0n) is 10.1. The van der Waals surface area contributed by atoms with E-state index in [0.717, 1.165) is 29.4 Å². The van der Waals surface area contributed by atoms with Crippen molar-refractivity contribution in [3.63, 3.8) is 0 Å². The van der Waals surface area contributed by atoms with Crippen LogP contribution in [0.5, 0.6) is 0 Å². The standard InChI is InChI=1S/C13H17BrN2O2/c14-12-6-2-1-4-10(12)9-18-13(17)16-7-3-5-11(15)8-16/h1-2,4,6,11H,3,5,7-9,15H2. The van der Waals surface area contributed by atoms with Crippen LogP contribution in [-0.2, 0) is 11.3 Å². The van der Waals surface area contributed by atoms with Gasteiger partial charge in [-0.15, -0.1) is 0 Å². The molecule has 1 aliphatic rings. The lowest BCUT2D eigenvalue weighted by atomic mass is 10.1. The number of benzene rings is 1.